The highest BCUT2D eigenvalue weighted by molar-refractivity contribution is 7.52. The van der Waals surface area contributed by atoms with Gasteiger partial charge in [0, 0.05) is 0 Å². The van der Waals surface area contributed by atoms with E-state index in [1.807, 2.05) is 42.5 Å². The summed E-state index contributed by atoms with van der Waals surface area (Å²) in [5, 5.41) is 4.42. The van der Waals surface area contributed by atoms with Gasteiger partial charge < -0.3 is 9.42 Å². The van der Waals surface area contributed by atoms with Crippen LogP contribution in [0, 0.1) is 0 Å². The number of fused-ring (bicyclic) bond motifs is 3. The fourth-order valence-electron chi connectivity index (χ4n) is 2.71. The number of benzene rings is 3. The molecular formula is C17H17O3P. The summed E-state index contributed by atoms with van der Waals surface area (Å²) in [4.78, 5) is 9.87. The molecule has 0 aliphatic rings. The lowest BCUT2D eigenvalue weighted by molar-refractivity contribution is 0.273. The summed E-state index contributed by atoms with van der Waals surface area (Å²) in [5.74, 6) is 0. The second-order valence-corrected chi connectivity index (χ2v) is 6.86. The fraction of sp³-hybridized carbons (Fsp3) is 0.176. The van der Waals surface area contributed by atoms with E-state index in [1.54, 1.807) is 6.92 Å². The van der Waals surface area contributed by atoms with E-state index in [1.165, 1.54) is 5.39 Å². The number of hydrogen-bond donors (Lipinski definition) is 1. The minimum absolute atomic E-state index is 0.0382. The Bertz CT molecular complexity index is 842. The molecule has 0 fully saturated rings. The molecule has 0 bridgehead atoms. The molecule has 0 saturated heterocycles. The molecular weight excluding hydrogens is 283 g/mol. The van der Waals surface area contributed by atoms with Crippen LogP contribution < -0.4 is 0 Å². The van der Waals surface area contributed by atoms with Gasteiger partial charge in [0.15, 0.2) is 0 Å². The van der Waals surface area contributed by atoms with Crippen LogP contribution in [-0.4, -0.2) is 11.5 Å². The molecule has 0 heterocycles. The van der Waals surface area contributed by atoms with Gasteiger partial charge in [0.2, 0.25) is 0 Å². The molecule has 0 radical (unpaired) electrons. The second-order valence-electron chi connectivity index (χ2n) is 5.01. The van der Waals surface area contributed by atoms with E-state index in [0.29, 0.717) is 0 Å². The van der Waals surface area contributed by atoms with Gasteiger partial charge in [-0.15, -0.1) is 0 Å². The standard InChI is InChI=1S/C17H17O3P/c1-2-20-21(18,19)12-14-7-5-9-17-15-8-4-3-6-13(15)10-11-16(14)17/h3-11H,2,12H2,1H3,(H,18,19). The molecule has 1 atom stereocenters. The predicted molar refractivity (Wildman–Crippen MR) is 86.6 cm³/mol. The molecule has 0 amide bonds. The Hall–Kier alpha value is -1.67. The topological polar surface area (TPSA) is 46.5 Å². The first-order chi connectivity index (χ1) is 10.1. The second kappa shape index (κ2) is 5.61. The quantitative estimate of drug-likeness (QED) is 0.560. The maximum absolute atomic E-state index is 12.0. The highest BCUT2D eigenvalue weighted by atomic mass is 31.2. The average molecular weight is 300 g/mol. The molecule has 3 aromatic carbocycles. The molecule has 3 nitrogen and oxygen atoms in total. The molecule has 0 aromatic heterocycles. The molecule has 0 saturated carbocycles. The van der Waals surface area contributed by atoms with Crippen molar-refractivity contribution in [2.24, 2.45) is 0 Å². The maximum atomic E-state index is 12.0. The van der Waals surface area contributed by atoms with Crippen LogP contribution in [0.15, 0.2) is 54.6 Å². The van der Waals surface area contributed by atoms with Crippen LogP contribution in [-0.2, 0) is 15.3 Å². The third kappa shape index (κ3) is 2.86. The van der Waals surface area contributed by atoms with Gasteiger partial charge in [-0.2, -0.15) is 0 Å². The van der Waals surface area contributed by atoms with Gasteiger partial charge in [-0.05, 0) is 34.0 Å². The summed E-state index contributed by atoms with van der Waals surface area (Å²) < 4.78 is 17.0. The van der Waals surface area contributed by atoms with Crippen molar-refractivity contribution in [3.63, 3.8) is 0 Å². The zero-order chi connectivity index (χ0) is 14.9. The minimum Gasteiger partial charge on any atom is -0.324 e. The number of rotatable bonds is 4. The van der Waals surface area contributed by atoms with Crippen molar-refractivity contribution in [1.29, 1.82) is 0 Å². The fourth-order valence-corrected chi connectivity index (χ4v) is 3.91. The lowest BCUT2D eigenvalue weighted by Gasteiger charge is -2.13. The van der Waals surface area contributed by atoms with Gasteiger partial charge in [0.1, 0.15) is 0 Å². The van der Waals surface area contributed by atoms with Gasteiger partial charge in [-0.1, -0.05) is 54.6 Å². The highest BCUT2D eigenvalue weighted by Gasteiger charge is 2.20. The van der Waals surface area contributed by atoms with Crippen LogP contribution in [0.4, 0.5) is 0 Å². The van der Waals surface area contributed by atoms with Gasteiger partial charge in [0.25, 0.3) is 0 Å². The van der Waals surface area contributed by atoms with Crippen LogP contribution >= 0.6 is 7.60 Å². The Balaban J connectivity index is 2.17. The Morgan fingerprint density at radius 1 is 0.952 bits per heavy atom. The highest BCUT2D eigenvalue weighted by Crippen LogP contribution is 2.46. The van der Waals surface area contributed by atoms with E-state index >= 15 is 0 Å². The Kier molecular flexibility index (Phi) is 3.81. The first-order valence-electron chi connectivity index (χ1n) is 6.96. The summed E-state index contributed by atoms with van der Waals surface area (Å²) in [7, 11) is -3.58. The van der Waals surface area contributed by atoms with Crippen LogP contribution in [0.2, 0.25) is 0 Å². The van der Waals surface area contributed by atoms with Crippen molar-refractivity contribution < 1.29 is 14.0 Å². The SMILES string of the molecule is CCOP(=O)(O)Cc1cccc2c1ccc1ccccc12. The van der Waals surface area contributed by atoms with Crippen LogP contribution in [0.1, 0.15) is 12.5 Å². The minimum atomic E-state index is -3.58. The monoisotopic (exact) mass is 300 g/mol. The number of hydrogen-bond acceptors (Lipinski definition) is 2. The third-order valence-electron chi connectivity index (χ3n) is 3.58. The molecule has 0 aliphatic heterocycles. The smallest absolute Gasteiger partial charge is 0.324 e. The average Bonchev–Trinajstić information content (AvgIpc) is 2.47. The van der Waals surface area contributed by atoms with Crippen molar-refractivity contribution >= 4 is 29.1 Å². The predicted octanol–water partition coefficient (Wildman–Crippen LogP) is 4.71. The van der Waals surface area contributed by atoms with E-state index in [-0.39, 0.29) is 12.8 Å². The van der Waals surface area contributed by atoms with Gasteiger partial charge >= 0.3 is 7.60 Å². The molecule has 1 N–H and O–H groups in total. The van der Waals surface area contributed by atoms with Gasteiger partial charge in [0.05, 0.1) is 12.8 Å². The van der Waals surface area contributed by atoms with Crippen molar-refractivity contribution in [3.8, 4) is 0 Å². The normalized spacial score (nSPS) is 14.4. The Morgan fingerprint density at radius 3 is 2.52 bits per heavy atom. The zero-order valence-corrected chi connectivity index (χ0v) is 12.7. The lowest BCUT2D eigenvalue weighted by Crippen LogP contribution is -1.94. The molecule has 0 spiro atoms. The van der Waals surface area contributed by atoms with E-state index < -0.39 is 7.60 Å². The first-order valence-corrected chi connectivity index (χ1v) is 8.73. The lowest BCUT2D eigenvalue weighted by atomic mass is 9.99. The summed E-state index contributed by atoms with van der Waals surface area (Å²) in [6, 6.07) is 18.1. The third-order valence-corrected chi connectivity index (χ3v) is 4.98. The molecule has 3 aromatic rings. The summed E-state index contributed by atoms with van der Waals surface area (Å²) in [6.45, 7) is 1.96. The van der Waals surface area contributed by atoms with Gasteiger partial charge in [-0.3, -0.25) is 4.57 Å². The van der Waals surface area contributed by atoms with E-state index in [9.17, 15) is 9.46 Å². The van der Waals surface area contributed by atoms with Crippen molar-refractivity contribution in [1.82, 2.24) is 0 Å². The molecule has 4 heteroatoms. The Morgan fingerprint density at radius 2 is 1.71 bits per heavy atom. The van der Waals surface area contributed by atoms with E-state index in [4.69, 9.17) is 4.52 Å². The van der Waals surface area contributed by atoms with Crippen molar-refractivity contribution in [3.05, 3.63) is 60.2 Å². The molecule has 21 heavy (non-hydrogen) atoms. The summed E-state index contributed by atoms with van der Waals surface area (Å²) in [5.41, 5.74) is 0.845. The van der Waals surface area contributed by atoms with Crippen LogP contribution in [0.25, 0.3) is 21.5 Å². The van der Waals surface area contributed by atoms with Crippen molar-refractivity contribution in [2.75, 3.05) is 6.61 Å². The summed E-state index contributed by atoms with van der Waals surface area (Å²) >= 11 is 0. The van der Waals surface area contributed by atoms with E-state index in [2.05, 4.69) is 12.1 Å². The van der Waals surface area contributed by atoms with E-state index in [0.717, 1.165) is 21.7 Å². The Labute approximate surface area is 123 Å². The molecule has 0 aliphatic carbocycles. The molecule has 1 unspecified atom stereocenters. The molecule has 3 rings (SSSR count). The van der Waals surface area contributed by atoms with Crippen molar-refractivity contribution in [2.45, 2.75) is 13.1 Å². The first kappa shape index (κ1) is 14.3. The largest absolute Gasteiger partial charge is 0.332 e. The van der Waals surface area contributed by atoms with Crippen LogP contribution in [0.5, 0.6) is 0 Å². The zero-order valence-electron chi connectivity index (χ0n) is 11.8. The maximum Gasteiger partial charge on any atom is 0.332 e. The summed E-state index contributed by atoms with van der Waals surface area (Å²) in [6.07, 6.45) is 0.0382. The van der Waals surface area contributed by atoms with Crippen LogP contribution in [0.3, 0.4) is 0 Å². The molecule has 108 valence electrons. The van der Waals surface area contributed by atoms with Gasteiger partial charge in [-0.25, -0.2) is 0 Å².